The van der Waals surface area contributed by atoms with Crippen molar-refractivity contribution in [3.63, 3.8) is 0 Å². The molecule has 3 aromatic rings. The molecular weight excluding hydrogens is 368 g/mol. The van der Waals surface area contributed by atoms with E-state index in [1.807, 2.05) is 25.1 Å². The van der Waals surface area contributed by atoms with E-state index in [0.29, 0.717) is 29.9 Å². The molecule has 0 spiro atoms. The summed E-state index contributed by atoms with van der Waals surface area (Å²) in [5, 5.41) is 0.536. The van der Waals surface area contributed by atoms with E-state index in [1.54, 1.807) is 19.4 Å². The average molecular weight is 386 g/mol. The Bertz CT molecular complexity index is 993. The molecule has 1 aliphatic heterocycles. The maximum atomic E-state index is 13.1. The molecule has 0 aliphatic carbocycles. The summed E-state index contributed by atoms with van der Waals surface area (Å²) in [5.74, 6) is 1.13. The average Bonchev–Trinajstić information content (AvgIpc) is 3.37. The van der Waals surface area contributed by atoms with E-state index >= 15 is 0 Å². The first-order valence-corrected chi connectivity index (χ1v) is 9.22. The maximum Gasteiger partial charge on any atom is 0.298 e. The molecule has 7 nitrogen and oxygen atoms in total. The number of rotatable bonds is 5. The summed E-state index contributed by atoms with van der Waals surface area (Å²) in [7, 11) is 1.60. The first kappa shape index (κ1) is 17.4. The molecule has 140 valence electrons. The molecule has 0 saturated carbocycles. The van der Waals surface area contributed by atoms with Crippen LogP contribution in [0.15, 0.2) is 47.0 Å². The number of hydrogen-bond acceptors (Lipinski definition) is 7. The Morgan fingerprint density at radius 1 is 1.33 bits per heavy atom. The van der Waals surface area contributed by atoms with Gasteiger partial charge < -0.3 is 18.6 Å². The standard InChI is InChI=1S/C19H18N2O5S/c1-12-5-6-14(23-2)16-17(12)27-19(20-16)21(10-13-4-3-7-25-13)18(22)15-11-24-8-9-26-15/h3-7,11H,8-10H2,1-2H3. The number of aryl methyl sites for hydroxylation is 1. The number of furan rings is 1. The molecule has 1 aromatic carbocycles. The highest BCUT2D eigenvalue weighted by atomic mass is 32.1. The van der Waals surface area contributed by atoms with Gasteiger partial charge in [-0.05, 0) is 30.7 Å². The van der Waals surface area contributed by atoms with Crippen LogP contribution < -0.4 is 9.64 Å². The van der Waals surface area contributed by atoms with Gasteiger partial charge in [-0.3, -0.25) is 9.69 Å². The number of thiazole rings is 1. The van der Waals surface area contributed by atoms with Gasteiger partial charge in [0.2, 0.25) is 5.76 Å². The van der Waals surface area contributed by atoms with Crippen molar-refractivity contribution >= 4 is 32.6 Å². The lowest BCUT2D eigenvalue weighted by Gasteiger charge is -2.22. The summed E-state index contributed by atoms with van der Waals surface area (Å²) in [4.78, 5) is 19.3. The second kappa shape index (κ2) is 7.32. The van der Waals surface area contributed by atoms with Gasteiger partial charge in [0.05, 0.1) is 24.6 Å². The Labute approximate surface area is 159 Å². The number of fused-ring (bicyclic) bond motifs is 1. The highest BCUT2D eigenvalue weighted by Gasteiger charge is 2.28. The van der Waals surface area contributed by atoms with E-state index in [9.17, 15) is 4.79 Å². The molecule has 0 saturated heterocycles. The van der Waals surface area contributed by atoms with Gasteiger partial charge >= 0.3 is 0 Å². The molecule has 0 fully saturated rings. The zero-order valence-electron chi connectivity index (χ0n) is 14.9. The highest BCUT2D eigenvalue weighted by molar-refractivity contribution is 7.22. The Kier molecular flexibility index (Phi) is 4.72. The number of ether oxygens (including phenoxy) is 3. The third-order valence-corrected chi connectivity index (χ3v) is 5.36. The minimum absolute atomic E-state index is 0.149. The summed E-state index contributed by atoms with van der Waals surface area (Å²) in [6.45, 7) is 2.99. The van der Waals surface area contributed by atoms with E-state index in [1.165, 1.54) is 22.5 Å². The summed E-state index contributed by atoms with van der Waals surface area (Å²) < 4.78 is 22.5. The van der Waals surface area contributed by atoms with Crippen LogP contribution >= 0.6 is 11.3 Å². The minimum Gasteiger partial charge on any atom is -0.494 e. The van der Waals surface area contributed by atoms with E-state index in [0.717, 1.165) is 15.8 Å². The monoisotopic (exact) mass is 386 g/mol. The van der Waals surface area contributed by atoms with Gasteiger partial charge in [-0.25, -0.2) is 4.98 Å². The van der Waals surface area contributed by atoms with Gasteiger partial charge in [-0.2, -0.15) is 0 Å². The number of carbonyl (C=O) groups is 1. The molecule has 0 radical (unpaired) electrons. The van der Waals surface area contributed by atoms with Crippen molar-refractivity contribution in [2.24, 2.45) is 0 Å². The molecule has 2 aromatic heterocycles. The zero-order chi connectivity index (χ0) is 18.8. The van der Waals surface area contributed by atoms with Gasteiger partial charge in [-0.15, -0.1) is 0 Å². The van der Waals surface area contributed by atoms with Crippen molar-refractivity contribution in [1.82, 2.24) is 4.98 Å². The molecule has 1 amide bonds. The Morgan fingerprint density at radius 3 is 2.93 bits per heavy atom. The predicted molar refractivity (Wildman–Crippen MR) is 101 cm³/mol. The maximum absolute atomic E-state index is 13.1. The van der Waals surface area contributed by atoms with Crippen molar-refractivity contribution in [1.29, 1.82) is 0 Å². The molecule has 0 unspecified atom stereocenters. The lowest BCUT2D eigenvalue weighted by molar-refractivity contribution is -0.120. The van der Waals surface area contributed by atoms with E-state index in [2.05, 4.69) is 4.98 Å². The first-order chi connectivity index (χ1) is 13.2. The molecule has 8 heteroatoms. The number of methoxy groups -OCH3 is 1. The zero-order valence-corrected chi connectivity index (χ0v) is 15.7. The van der Waals surface area contributed by atoms with Crippen molar-refractivity contribution in [2.45, 2.75) is 13.5 Å². The van der Waals surface area contributed by atoms with Crippen molar-refractivity contribution < 1.29 is 23.4 Å². The Balaban J connectivity index is 1.78. The predicted octanol–water partition coefficient (Wildman–Crippen LogP) is 3.63. The third-order valence-electron chi connectivity index (χ3n) is 4.14. The molecule has 3 heterocycles. The molecule has 0 N–H and O–H groups in total. The smallest absolute Gasteiger partial charge is 0.298 e. The van der Waals surface area contributed by atoms with Crippen LogP contribution in [-0.4, -0.2) is 31.2 Å². The highest BCUT2D eigenvalue weighted by Crippen LogP contribution is 2.37. The molecule has 27 heavy (non-hydrogen) atoms. The van der Waals surface area contributed by atoms with Crippen molar-refractivity contribution in [2.75, 3.05) is 25.2 Å². The van der Waals surface area contributed by atoms with E-state index < -0.39 is 0 Å². The summed E-state index contributed by atoms with van der Waals surface area (Å²) in [6.07, 6.45) is 2.92. The van der Waals surface area contributed by atoms with E-state index in [4.69, 9.17) is 18.6 Å². The fourth-order valence-corrected chi connectivity index (χ4v) is 3.83. The fourth-order valence-electron chi connectivity index (χ4n) is 2.78. The van der Waals surface area contributed by atoms with Crippen LogP contribution in [0.1, 0.15) is 11.3 Å². The van der Waals surface area contributed by atoms with Crippen molar-refractivity contribution in [3.8, 4) is 5.75 Å². The third kappa shape index (κ3) is 3.35. The summed E-state index contributed by atoms with van der Waals surface area (Å²) in [5.41, 5.74) is 1.79. The van der Waals surface area contributed by atoms with Gasteiger partial charge in [0.1, 0.15) is 36.5 Å². The van der Waals surface area contributed by atoms with Crippen LogP contribution in [0.4, 0.5) is 5.13 Å². The number of nitrogens with zero attached hydrogens (tertiary/aromatic N) is 2. The van der Waals surface area contributed by atoms with Crippen molar-refractivity contribution in [3.05, 3.63) is 53.9 Å². The first-order valence-electron chi connectivity index (χ1n) is 8.40. The summed E-state index contributed by atoms with van der Waals surface area (Å²) in [6, 6.07) is 7.44. The summed E-state index contributed by atoms with van der Waals surface area (Å²) >= 11 is 1.42. The molecule has 0 atom stereocenters. The van der Waals surface area contributed by atoms with Crippen LogP contribution in [-0.2, 0) is 20.8 Å². The number of benzene rings is 1. The number of carbonyl (C=O) groups excluding carboxylic acids is 1. The van der Waals surface area contributed by atoms with Gasteiger partial charge in [-0.1, -0.05) is 17.4 Å². The van der Waals surface area contributed by atoms with Gasteiger partial charge in [0, 0.05) is 0 Å². The van der Waals surface area contributed by atoms with Crippen LogP contribution in [0.5, 0.6) is 5.75 Å². The lowest BCUT2D eigenvalue weighted by Crippen LogP contribution is -2.33. The topological polar surface area (TPSA) is 74.0 Å². The second-order valence-electron chi connectivity index (χ2n) is 5.93. The van der Waals surface area contributed by atoms with Crippen LogP contribution in [0.25, 0.3) is 10.2 Å². The SMILES string of the molecule is COc1ccc(C)c2sc(N(Cc3ccco3)C(=O)C3=COCCO3)nc12. The number of amides is 1. The lowest BCUT2D eigenvalue weighted by atomic mass is 10.2. The number of anilines is 1. The normalized spacial score (nSPS) is 13.6. The molecular formula is C19H18N2O5S. The minimum atomic E-state index is -0.332. The number of aromatic nitrogens is 1. The van der Waals surface area contributed by atoms with Crippen LogP contribution in [0.2, 0.25) is 0 Å². The Hall–Kier alpha value is -3.00. The number of hydrogen-bond donors (Lipinski definition) is 0. The van der Waals surface area contributed by atoms with Crippen LogP contribution in [0.3, 0.4) is 0 Å². The quantitative estimate of drug-likeness (QED) is 0.667. The molecule has 1 aliphatic rings. The van der Waals surface area contributed by atoms with Gasteiger partial charge in [0.15, 0.2) is 5.13 Å². The Morgan fingerprint density at radius 2 is 2.22 bits per heavy atom. The molecule has 0 bridgehead atoms. The fraction of sp³-hybridized carbons (Fsp3) is 0.263. The largest absolute Gasteiger partial charge is 0.494 e. The van der Waals surface area contributed by atoms with E-state index in [-0.39, 0.29) is 18.2 Å². The van der Waals surface area contributed by atoms with Gasteiger partial charge in [0.25, 0.3) is 5.91 Å². The van der Waals surface area contributed by atoms with Crippen LogP contribution in [0, 0.1) is 6.92 Å². The second-order valence-corrected chi connectivity index (χ2v) is 6.91. The molecule has 4 rings (SSSR count).